The molecule has 0 aliphatic heterocycles. The van der Waals surface area contributed by atoms with Crippen molar-refractivity contribution in [2.75, 3.05) is 5.75 Å². The van der Waals surface area contributed by atoms with E-state index in [1.807, 2.05) is 20.8 Å². The molecule has 0 aliphatic carbocycles. The van der Waals surface area contributed by atoms with Gasteiger partial charge in [-0.05, 0) is 49.6 Å². The van der Waals surface area contributed by atoms with Crippen LogP contribution in [0.4, 0.5) is 4.39 Å². The summed E-state index contributed by atoms with van der Waals surface area (Å²) < 4.78 is 13.1. The van der Waals surface area contributed by atoms with Gasteiger partial charge in [-0.1, -0.05) is 55.2 Å². The molecular formula is C24H29Cl2FN2O2S. The predicted octanol–water partition coefficient (Wildman–Crippen LogP) is 6.09. The molecule has 4 nitrogen and oxygen atoms in total. The second-order valence-corrected chi connectivity index (χ2v) is 9.38. The third-order valence-electron chi connectivity index (χ3n) is 5.18. The molecule has 2 atom stereocenters. The van der Waals surface area contributed by atoms with E-state index in [1.165, 1.54) is 23.9 Å². The zero-order valence-electron chi connectivity index (χ0n) is 18.5. The van der Waals surface area contributed by atoms with Gasteiger partial charge in [-0.2, -0.15) is 0 Å². The Morgan fingerprint density at radius 3 is 2.25 bits per heavy atom. The first kappa shape index (κ1) is 26.5. The second-order valence-electron chi connectivity index (χ2n) is 7.58. The fourth-order valence-corrected chi connectivity index (χ4v) is 4.52. The van der Waals surface area contributed by atoms with Crippen LogP contribution in [0.5, 0.6) is 0 Å². The summed E-state index contributed by atoms with van der Waals surface area (Å²) in [6.07, 6.45) is 1.25. The molecule has 0 saturated carbocycles. The van der Waals surface area contributed by atoms with Gasteiger partial charge in [0.25, 0.3) is 0 Å². The molecule has 0 spiro atoms. The van der Waals surface area contributed by atoms with Gasteiger partial charge in [0.05, 0.1) is 5.75 Å². The van der Waals surface area contributed by atoms with Crippen LogP contribution in [0.3, 0.4) is 0 Å². The Labute approximate surface area is 203 Å². The van der Waals surface area contributed by atoms with Crippen molar-refractivity contribution in [3.05, 3.63) is 69.5 Å². The highest BCUT2D eigenvalue weighted by Crippen LogP contribution is 2.27. The number of hydrogen-bond acceptors (Lipinski definition) is 3. The van der Waals surface area contributed by atoms with Crippen molar-refractivity contribution >= 4 is 46.8 Å². The molecule has 8 heteroatoms. The number of thioether (sulfide) groups is 1. The Kier molecular flexibility index (Phi) is 10.8. The number of halogens is 3. The average Bonchev–Trinajstić information content (AvgIpc) is 2.76. The summed E-state index contributed by atoms with van der Waals surface area (Å²) in [6, 6.07) is 10.7. The van der Waals surface area contributed by atoms with E-state index < -0.39 is 6.04 Å². The van der Waals surface area contributed by atoms with Gasteiger partial charge in [0.2, 0.25) is 11.8 Å². The van der Waals surface area contributed by atoms with E-state index in [1.54, 1.807) is 35.2 Å². The maximum atomic E-state index is 13.3. The van der Waals surface area contributed by atoms with Gasteiger partial charge in [0, 0.05) is 33.9 Å². The molecule has 0 aliphatic rings. The van der Waals surface area contributed by atoms with Crippen LogP contribution < -0.4 is 5.32 Å². The van der Waals surface area contributed by atoms with Crippen molar-refractivity contribution in [1.29, 1.82) is 0 Å². The van der Waals surface area contributed by atoms with Gasteiger partial charge in [-0.3, -0.25) is 9.59 Å². The summed E-state index contributed by atoms with van der Waals surface area (Å²) in [7, 11) is 0. The molecule has 2 aromatic carbocycles. The lowest BCUT2D eigenvalue weighted by Crippen LogP contribution is -2.51. The van der Waals surface area contributed by atoms with E-state index in [-0.39, 0.29) is 36.0 Å². The fraction of sp³-hybridized carbons (Fsp3) is 0.417. The van der Waals surface area contributed by atoms with Crippen molar-refractivity contribution < 1.29 is 14.0 Å². The number of hydrogen-bond donors (Lipinski definition) is 1. The number of nitrogens with one attached hydrogen (secondary N) is 1. The van der Waals surface area contributed by atoms with Gasteiger partial charge in [-0.15, -0.1) is 11.8 Å². The van der Waals surface area contributed by atoms with Crippen molar-refractivity contribution in [3.8, 4) is 0 Å². The maximum Gasteiger partial charge on any atom is 0.243 e. The van der Waals surface area contributed by atoms with Crippen molar-refractivity contribution in [2.24, 2.45) is 0 Å². The van der Waals surface area contributed by atoms with Crippen LogP contribution in [0.2, 0.25) is 10.0 Å². The summed E-state index contributed by atoms with van der Waals surface area (Å²) in [5.41, 5.74) is 1.54. The van der Waals surface area contributed by atoms with Crippen LogP contribution >= 0.6 is 35.0 Å². The summed E-state index contributed by atoms with van der Waals surface area (Å²) in [5.74, 6) is 0.0617. The normalized spacial score (nSPS) is 12.8. The van der Waals surface area contributed by atoms with Crippen LogP contribution in [0.15, 0.2) is 42.5 Å². The molecule has 2 rings (SSSR count). The minimum atomic E-state index is -0.643. The molecule has 0 aromatic heterocycles. The Morgan fingerprint density at radius 2 is 1.69 bits per heavy atom. The number of nitrogens with zero attached hydrogens (tertiary/aromatic N) is 1. The maximum absolute atomic E-state index is 13.3. The predicted molar refractivity (Wildman–Crippen MR) is 132 cm³/mol. The van der Waals surface area contributed by atoms with E-state index in [9.17, 15) is 14.0 Å². The molecule has 0 unspecified atom stereocenters. The number of carbonyl (C=O) groups is 2. The highest BCUT2D eigenvalue weighted by Gasteiger charge is 2.30. The summed E-state index contributed by atoms with van der Waals surface area (Å²) >= 11 is 14.1. The number of carbonyl (C=O) groups excluding carboxylic acids is 2. The monoisotopic (exact) mass is 498 g/mol. The Bertz CT molecular complexity index is 891. The van der Waals surface area contributed by atoms with E-state index in [4.69, 9.17) is 23.2 Å². The van der Waals surface area contributed by atoms with Crippen molar-refractivity contribution in [3.63, 3.8) is 0 Å². The quantitative estimate of drug-likeness (QED) is 0.407. The second kappa shape index (κ2) is 13.1. The number of amides is 2. The molecule has 2 aromatic rings. The lowest BCUT2D eigenvalue weighted by atomic mass is 10.1. The van der Waals surface area contributed by atoms with E-state index in [0.717, 1.165) is 12.0 Å². The SMILES string of the molecule is CC[C@H](C(=O)N[C@@H](C)CC)N(Cc1c(Cl)cccc1Cl)C(=O)CSCc1ccc(F)cc1. The topological polar surface area (TPSA) is 49.4 Å². The molecule has 0 radical (unpaired) electrons. The highest BCUT2D eigenvalue weighted by atomic mass is 35.5. The van der Waals surface area contributed by atoms with Crippen LogP contribution in [-0.4, -0.2) is 34.6 Å². The van der Waals surface area contributed by atoms with E-state index >= 15 is 0 Å². The van der Waals surface area contributed by atoms with Gasteiger partial charge in [0.1, 0.15) is 11.9 Å². The van der Waals surface area contributed by atoms with Gasteiger partial charge in [0.15, 0.2) is 0 Å². The molecule has 0 heterocycles. The Hall–Kier alpha value is -1.76. The van der Waals surface area contributed by atoms with Crippen LogP contribution in [0, 0.1) is 5.82 Å². The molecule has 0 saturated heterocycles. The minimum Gasteiger partial charge on any atom is -0.352 e. The number of benzene rings is 2. The molecular weight excluding hydrogens is 470 g/mol. The lowest BCUT2D eigenvalue weighted by molar-refractivity contribution is -0.139. The largest absolute Gasteiger partial charge is 0.352 e. The molecule has 1 N–H and O–H groups in total. The fourth-order valence-electron chi connectivity index (χ4n) is 3.13. The molecule has 174 valence electrons. The highest BCUT2D eigenvalue weighted by molar-refractivity contribution is 7.99. The third kappa shape index (κ3) is 7.68. The first-order valence-electron chi connectivity index (χ1n) is 10.6. The zero-order valence-corrected chi connectivity index (χ0v) is 20.9. The van der Waals surface area contributed by atoms with Crippen molar-refractivity contribution in [2.45, 2.75) is 58.0 Å². The summed E-state index contributed by atoms with van der Waals surface area (Å²) in [4.78, 5) is 27.8. The van der Waals surface area contributed by atoms with Gasteiger partial charge in [-0.25, -0.2) is 4.39 Å². The molecule has 0 bridgehead atoms. The lowest BCUT2D eigenvalue weighted by Gasteiger charge is -2.32. The van der Waals surface area contributed by atoms with E-state index in [2.05, 4.69) is 5.32 Å². The Morgan fingerprint density at radius 1 is 1.06 bits per heavy atom. The number of rotatable bonds is 11. The molecule has 32 heavy (non-hydrogen) atoms. The smallest absolute Gasteiger partial charge is 0.243 e. The first-order chi connectivity index (χ1) is 15.3. The van der Waals surface area contributed by atoms with Crippen molar-refractivity contribution in [1.82, 2.24) is 10.2 Å². The minimum absolute atomic E-state index is 0.00487. The first-order valence-corrected chi connectivity index (χ1v) is 12.5. The van der Waals surface area contributed by atoms with Crippen LogP contribution in [0.1, 0.15) is 44.7 Å². The van der Waals surface area contributed by atoms with Crippen LogP contribution in [-0.2, 0) is 21.9 Å². The average molecular weight is 499 g/mol. The Balaban J connectivity index is 2.20. The molecule has 0 fully saturated rings. The molecule has 2 amide bonds. The zero-order chi connectivity index (χ0) is 23.7. The summed E-state index contributed by atoms with van der Waals surface area (Å²) in [6.45, 7) is 5.94. The summed E-state index contributed by atoms with van der Waals surface area (Å²) in [5, 5.41) is 3.88. The standard InChI is InChI=1S/C24H29Cl2FN2O2S/c1-4-16(3)28-24(31)22(5-2)29(13-19-20(25)7-6-8-21(19)26)23(30)15-32-14-17-9-11-18(27)12-10-17/h6-12,16,22H,4-5,13-15H2,1-3H3,(H,28,31)/t16-,22+/m0/s1. The van der Waals surface area contributed by atoms with Crippen LogP contribution in [0.25, 0.3) is 0 Å². The van der Waals surface area contributed by atoms with Gasteiger partial charge < -0.3 is 10.2 Å². The van der Waals surface area contributed by atoms with Gasteiger partial charge >= 0.3 is 0 Å². The van der Waals surface area contributed by atoms with E-state index in [0.29, 0.717) is 27.8 Å². The third-order valence-corrected chi connectivity index (χ3v) is 6.88.